The zero-order chi connectivity index (χ0) is 15.4. The van der Waals surface area contributed by atoms with E-state index < -0.39 is 0 Å². The van der Waals surface area contributed by atoms with Gasteiger partial charge in [0.1, 0.15) is 0 Å². The van der Waals surface area contributed by atoms with E-state index >= 15 is 0 Å². The maximum Gasteiger partial charge on any atom is 0.238 e. The van der Waals surface area contributed by atoms with Gasteiger partial charge in [0.05, 0.1) is 6.54 Å². The summed E-state index contributed by atoms with van der Waals surface area (Å²) in [5.74, 6) is 0.0285. The van der Waals surface area contributed by atoms with Crippen molar-refractivity contribution in [1.82, 2.24) is 9.88 Å². The molecule has 1 fully saturated rings. The Hall–Kier alpha value is -1.44. The molecule has 22 heavy (non-hydrogen) atoms. The summed E-state index contributed by atoms with van der Waals surface area (Å²) in [5.41, 5.74) is 0.820. The number of nitrogens with zero attached hydrogens (tertiary/aromatic N) is 3. The number of halogens is 1. The molecule has 2 heterocycles. The summed E-state index contributed by atoms with van der Waals surface area (Å²) >= 11 is 5.06. The van der Waals surface area contributed by atoms with Crippen molar-refractivity contribution in [1.29, 1.82) is 0 Å². The molecular weight excluding hydrogens is 364 g/mol. The first-order valence-corrected chi connectivity index (χ1v) is 8.80. The number of aromatic nitrogens is 1. The Morgan fingerprint density at radius 1 is 1.32 bits per heavy atom. The van der Waals surface area contributed by atoms with Crippen molar-refractivity contribution in [2.75, 3.05) is 42.9 Å². The molecule has 0 bridgehead atoms. The van der Waals surface area contributed by atoms with Gasteiger partial charge in [0.25, 0.3) is 0 Å². The van der Waals surface area contributed by atoms with Crippen LogP contribution in [0.1, 0.15) is 0 Å². The summed E-state index contributed by atoms with van der Waals surface area (Å²) in [4.78, 5) is 20.9. The normalized spacial score (nSPS) is 15.8. The number of hydrogen-bond acceptors (Lipinski definition) is 5. The number of benzene rings is 1. The zero-order valence-electron chi connectivity index (χ0n) is 12.0. The van der Waals surface area contributed by atoms with E-state index in [-0.39, 0.29) is 5.91 Å². The Morgan fingerprint density at radius 3 is 2.82 bits per heavy atom. The zero-order valence-corrected chi connectivity index (χ0v) is 14.4. The van der Waals surface area contributed by atoms with E-state index in [1.54, 1.807) is 11.3 Å². The lowest BCUT2D eigenvalue weighted by atomic mass is 10.3. The molecule has 1 aromatic heterocycles. The molecule has 116 valence electrons. The molecule has 1 aliphatic heterocycles. The Balaban J connectivity index is 1.47. The second-order valence-electron chi connectivity index (χ2n) is 5.14. The Morgan fingerprint density at radius 2 is 2.14 bits per heavy atom. The lowest BCUT2D eigenvalue weighted by molar-refractivity contribution is -0.117. The molecule has 1 amide bonds. The van der Waals surface area contributed by atoms with Crippen LogP contribution in [0.3, 0.4) is 0 Å². The van der Waals surface area contributed by atoms with E-state index in [9.17, 15) is 4.79 Å². The number of nitrogens with one attached hydrogen (secondary N) is 1. The van der Waals surface area contributed by atoms with E-state index in [2.05, 4.69) is 36.0 Å². The fourth-order valence-corrected chi connectivity index (χ4v) is 3.54. The highest BCUT2D eigenvalue weighted by molar-refractivity contribution is 9.10. The third-order valence-corrected chi connectivity index (χ3v) is 4.86. The maximum atomic E-state index is 12.1. The molecule has 5 nitrogen and oxygen atoms in total. The topological polar surface area (TPSA) is 48.5 Å². The van der Waals surface area contributed by atoms with E-state index in [4.69, 9.17) is 0 Å². The quantitative estimate of drug-likeness (QED) is 0.885. The van der Waals surface area contributed by atoms with E-state index in [1.165, 1.54) is 0 Å². The van der Waals surface area contributed by atoms with Crippen molar-refractivity contribution in [3.63, 3.8) is 0 Å². The molecule has 0 unspecified atom stereocenters. The fraction of sp³-hybridized carbons (Fsp3) is 0.333. The predicted octanol–water partition coefficient (Wildman–Crippen LogP) is 2.67. The van der Waals surface area contributed by atoms with Gasteiger partial charge >= 0.3 is 0 Å². The highest BCUT2D eigenvalue weighted by Gasteiger charge is 2.20. The number of carbonyl (C=O) groups is 1. The van der Waals surface area contributed by atoms with Gasteiger partial charge < -0.3 is 10.2 Å². The largest absolute Gasteiger partial charge is 0.346 e. The lowest BCUT2D eigenvalue weighted by Crippen LogP contribution is -2.48. The smallest absolute Gasteiger partial charge is 0.238 e. The van der Waals surface area contributed by atoms with Crippen LogP contribution in [0.4, 0.5) is 10.8 Å². The van der Waals surface area contributed by atoms with Crippen LogP contribution >= 0.6 is 27.3 Å². The van der Waals surface area contributed by atoms with Gasteiger partial charge in [0.15, 0.2) is 5.13 Å². The molecule has 1 aliphatic rings. The van der Waals surface area contributed by atoms with Gasteiger partial charge in [0, 0.05) is 47.9 Å². The molecule has 1 saturated heterocycles. The van der Waals surface area contributed by atoms with Crippen molar-refractivity contribution < 1.29 is 4.79 Å². The number of amides is 1. The lowest BCUT2D eigenvalue weighted by Gasteiger charge is -2.34. The molecule has 0 aliphatic carbocycles. The van der Waals surface area contributed by atoms with Gasteiger partial charge in [-0.25, -0.2) is 4.98 Å². The van der Waals surface area contributed by atoms with Crippen LogP contribution in [-0.4, -0.2) is 48.5 Å². The molecule has 1 N–H and O–H groups in total. The first-order chi connectivity index (χ1) is 10.7. The van der Waals surface area contributed by atoms with Gasteiger partial charge in [0.2, 0.25) is 5.91 Å². The molecule has 0 saturated carbocycles. The first-order valence-electron chi connectivity index (χ1n) is 7.13. The Bertz CT molecular complexity index is 626. The molecule has 1 aromatic carbocycles. The summed E-state index contributed by atoms with van der Waals surface area (Å²) in [6.07, 6.45) is 1.83. The third kappa shape index (κ3) is 4.06. The average molecular weight is 381 g/mol. The van der Waals surface area contributed by atoms with Gasteiger partial charge in [-0.15, -0.1) is 11.3 Å². The van der Waals surface area contributed by atoms with Crippen LogP contribution in [0.5, 0.6) is 0 Å². The monoisotopic (exact) mass is 380 g/mol. The number of anilines is 2. The van der Waals surface area contributed by atoms with Gasteiger partial charge in [-0.3, -0.25) is 9.69 Å². The van der Waals surface area contributed by atoms with E-state index in [0.29, 0.717) is 6.54 Å². The third-order valence-electron chi connectivity index (χ3n) is 3.54. The second-order valence-corrected chi connectivity index (χ2v) is 6.93. The average Bonchev–Trinajstić information content (AvgIpc) is 3.02. The molecule has 0 atom stereocenters. The number of hydrogen-bond donors (Lipinski definition) is 1. The minimum atomic E-state index is 0.0285. The van der Waals surface area contributed by atoms with Crippen molar-refractivity contribution >= 4 is 44.0 Å². The highest BCUT2D eigenvalue weighted by Crippen LogP contribution is 2.19. The van der Waals surface area contributed by atoms with E-state index in [0.717, 1.165) is 41.5 Å². The predicted molar refractivity (Wildman–Crippen MR) is 93.5 cm³/mol. The minimum absolute atomic E-state index is 0.0285. The van der Waals surface area contributed by atoms with Crippen LogP contribution in [-0.2, 0) is 4.79 Å². The molecule has 3 rings (SSSR count). The van der Waals surface area contributed by atoms with Crippen LogP contribution in [0.25, 0.3) is 0 Å². The van der Waals surface area contributed by atoms with Crippen molar-refractivity contribution in [2.24, 2.45) is 0 Å². The summed E-state index contributed by atoms with van der Waals surface area (Å²) in [6.45, 7) is 4.02. The number of carbonyl (C=O) groups excluding carboxylic acids is 1. The molecule has 2 aromatic rings. The van der Waals surface area contributed by atoms with Crippen LogP contribution < -0.4 is 10.2 Å². The fourth-order valence-electron chi connectivity index (χ4n) is 2.44. The standard InChI is InChI=1S/C15H17BrN4OS/c16-12-2-1-3-13(10-12)18-14(21)11-19-5-7-20(8-6-19)15-17-4-9-22-15/h1-4,9-10H,5-8,11H2,(H,18,21). The molecular formula is C15H17BrN4OS. The Labute approximate surface area is 142 Å². The first kappa shape index (κ1) is 15.5. The van der Waals surface area contributed by atoms with Gasteiger partial charge in [-0.2, -0.15) is 0 Å². The van der Waals surface area contributed by atoms with Crippen LogP contribution in [0.2, 0.25) is 0 Å². The second kappa shape index (κ2) is 7.21. The highest BCUT2D eigenvalue weighted by atomic mass is 79.9. The summed E-state index contributed by atoms with van der Waals surface area (Å²) in [5, 5.41) is 6.00. The molecule has 7 heteroatoms. The summed E-state index contributed by atoms with van der Waals surface area (Å²) < 4.78 is 0.961. The summed E-state index contributed by atoms with van der Waals surface area (Å²) in [7, 11) is 0. The molecule has 0 spiro atoms. The van der Waals surface area contributed by atoms with Crippen molar-refractivity contribution in [3.8, 4) is 0 Å². The van der Waals surface area contributed by atoms with Crippen molar-refractivity contribution in [3.05, 3.63) is 40.3 Å². The number of piperazine rings is 1. The van der Waals surface area contributed by atoms with Gasteiger partial charge in [-0.1, -0.05) is 22.0 Å². The van der Waals surface area contributed by atoms with Crippen LogP contribution in [0, 0.1) is 0 Å². The SMILES string of the molecule is O=C(CN1CCN(c2nccs2)CC1)Nc1cccc(Br)c1. The van der Waals surface area contributed by atoms with Crippen molar-refractivity contribution in [2.45, 2.75) is 0 Å². The number of thiazole rings is 1. The van der Waals surface area contributed by atoms with Gasteiger partial charge in [-0.05, 0) is 18.2 Å². The minimum Gasteiger partial charge on any atom is -0.346 e. The number of rotatable bonds is 4. The summed E-state index contributed by atoms with van der Waals surface area (Å²) in [6, 6.07) is 7.64. The van der Waals surface area contributed by atoms with Crippen LogP contribution in [0.15, 0.2) is 40.3 Å². The maximum absolute atomic E-state index is 12.1. The van der Waals surface area contributed by atoms with E-state index in [1.807, 2.05) is 35.8 Å². The Kier molecular flexibility index (Phi) is 5.07. The molecule has 0 radical (unpaired) electrons.